The fourth-order valence-electron chi connectivity index (χ4n) is 2.61. The fourth-order valence-corrected chi connectivity index (χ4v) is 2.61. The minimum Gasteiger partial charge on any atom is -0.355 e. The minimum absolute atomic E-state index is 0.657. The van der Waals surface area contributed by atoms with Crippen molar-refractivity contribution < 1.29 is 0 Å². The largest absolute Gasteiger partial charge is 0.355 e. The average Bonchev–Trinajstić information content (AvgIpc) is 2.82. The highest BCUT2D eigenvalue weighted by Crippen LogP contribution is 2.25. The highest BCUT2D eigenvalue weighted by molar-refractivity contribution is 5.49. The standard InChI is InChI=1S/C14H24N4/c1-6-17(5)13-7-8-18(9-13)14-10(2)11(3)15-12(4)16-14/h13H,6-9H2,1-5H3. The summed E-state index contributed by atoms with van der Waals surface area (Å²) in [5, 5.41) is 0. The minimum atomic E-state index is 0.657. The molecule has 0 aromatic carbocycles. The molecule has 1 aliphatic rings. The summed E-state index contributed by atoms with van der Waals surface area (Å²) in [6.45, 7) is 11.7. The lowest BCUT2D eigenvalue weighted by atomic mass is 10.2. The van der Waals surface area contributed by atoms with E-state index in [2.05, 4.69) is 47.6 Å². The van der Waals surface area contributed by atoms with Crippen molar-refractivity contribution in [2.24, 2.45) is 0 Å². The molecule has 0 spiro atoms. The zero-order valence-corrected chi connectivity index (χ0v) is 12.2. The second kappa shape index (κ2) is 5.22. The Hall–Kier alpha value is -1.16. The lowest BCUT2D eigenvalue weighted by Crippen LogP contribution is -2.34. The van der Waals surface area contributed by atoms with Gasteiger partial charge in [0.15, 0.2) is 0 Å². The van der Waals surface area contributed by atoms with Gasteiger partial charge in [0.05, 0.1) is 0 Å². The van der Waals surface area contributed by atoms with E-state index in [4.69, 9.17) is 0 Å². The van der Waals surface area contributed by atoms with Crippen LogP contribution in [0.4, 0.5) is 5.82 Å². The quantitative estimate of drug-likeness (QED) is 0.818. The number of hydrogen-bond donors (Lipinski definition) is 0. The Morgan fingerprint density at radius 1 is 1.28 bits per heavy atom. The van der Waals surface area contributed by atoms with Gasteiger partial charge in [0.25, 0.3) is 0 Å². The maximum absolute atomic E-state index is 4.63. The SMILES string of the molecule is CCN(C)C1CCN(c2nc(C)nc(C)c2C)C1. The molecule has 1 aliphatic heterocycles. The predicted molar refractivity (Wildman–Crippen MR) is 75.2 cm³/mol. The van der Waals surface area contributed by atoms with E-state index in [1.165, 1.54) is 12.0 Å². The molecule has 18 heavy (non-hydrogen) atoms. The normalized spacial score (nSPS) is 19.9. The molecule has 1 saturated heterocycles. The maximum Gasteiger partial charge on any atom is 0.135 e. The number of nitrogens with zero attached hydrogens (tertiary/aromatic N) is 4. The Kier molecular flexibility index (Phi) is 3.85. The van der Waals surface area contributed by atoms with Crippen molar-refractivity contribution in [3.05, 3.63) is 17.1 Å². The molecule has 0 amide bonds. The lowest BCUT2D eigenvalue weighted by molar-refractivity contribution is 0.272. The van der Waals surface area contributed by atoms with Gasteiger partial charge in [-0.15, -0.1) is 0 Å². The predicted octanol–water partition coefficient (Wildman–Crippen LogP) is 1.93. The van der Waals surface area contributed by atoms with Crippen LogP contribution >= 0.6 is 0 Å². The number of rotatable bonds is 3. The topological polar surface area (TPSA) is 32.3 Å². The Labute approximate surface area is 110 Å². The van der Waals surface area contributed by atoms with Crippen LogP contribution in [0, 0.1) is 20.8 Å². The molecule has 0 aliphatic carbocycles. The van der Waals surface area contributed by atoms with E-state index < -0.39 is 0 Å². The maximum atomic E-state index is 4.63. The Bertz CT molecular complexity index is 430. The van der Waals surface area contributed by atoms with Crippen LogP contribution in [0.3, 0.4) is 0 Å². The van der Waals surface area contributed by atoms with E-state index in [1.54, 1.807) is 0 Å². The first-order valence-electron chi connectivity index (χ1n) is 6.80. The summed E-state index contributed by atoms with van der Waals surface area (Å²) in [5.74, 6) is 2.01. The van der Waals surface area contributed by atoms with Crippen molar-refractivity contribution in [3.63, 3.8) is 0 Å². The first-order chi connectivity index (χ1) is 8.52. The highest BCUT2D eigenvalue weighted by Gasteiger charge is 2.27. The van der Waals surface area contributed by atoms with Crippen molar-refractivity contribution in [2.45, 2.75) is 40.2 Å². The van der Waals surface area contributed by atoms with Crippen molar-refractivity contribution in [1.82, 2.24) is 14.9 Å². The summed E-state index contributed by atoms with van der Waals surface area (Å²) >= 11 is 0. The summed E-state index contributed by atoms with van der Waals surface area (Å²) in [6.07, 6.45) is 1.23. The monoisotopic (exact) mass is 248 g/mol. The average molecular weight is 248 g/mol. The highest BCUT2D eigenvalue weighted by atomic mass is 15.3. The Balaban J connectivity index is 2.19. The molecule has 1 fully saturated rings. The van der Waals surface area contributed by atoms with Gasteiger partial charge >= 0.3 is 0 Å². The van der Waals surface area contributed by atoms with Gasteiger partial charge in [-0.3, -0.25) is 0 Å². The lowest BCUT2D eigenvalue weighted by Gasteiger charge is -2.24. The van der Waals surface area contributed by atoms with Crippen molar-refractivity contribution in [3.8, 4) is 0 Å². The van der Waals surface area contributed by atoms with E-state index in [0.717, 1.165) is 37.0 Å². The van der Waals surface area contributed by atoms with Crippen LogP contribution in [0.5, 0.6) is 0 Å². The number of anilines is 1. The molecule has 0 radical (unpaired) electrons. The smallest absolute Gasteiger partial charge is 0.135 e. The molecule has 0 saturated carbocycles. The number of aryl methyl sites for hydroxylation is 2. The zero-order valence-electron chi connectivity index (χ0n) is 12.2. The van der Waals surface area contributed by atoms with Gasteiger partial charge in [0, 0.05) is 30.4 Å². The first-order valence-corrected chi connectivity index (χ1v) is 6.80. The number of likely N-dealkylation sites (N-methyl/N-ethyl adjacent to an activating group) is 1. The summed E-state index contributed by atoms with van der Waals surface area (Å²) in [6, 6.07) is 0.657. The third-order valence-electron chi connectivity index (χ3n) is 4.06. The molecule has 1 atom stereocenters. The van der Waals surface area contributed by atoms with E-state index in [0.29, 0.717) is 6.04 Å². The Morgan fingerprint density at radius 3 is 2.67 bits per heavy atom. The number of aromatic nitrogens is 2. The molecule has 1 aromatic heterocycles. The second-order valence-corrected chi connectivity index (χ2v) is 5.27. The molecular weight excluding hydrogens is 224 g/mol. The van der Waals surface area contributed by atoms with Crippen LogP contribution in [0.1, 0.15) is 30.4 Å². The molecule has 2 heterocycles. The van der Waals surface area contributed by atoms with E-state index in [1.807, 2.05) is 6.92 Å². The van der Waals surface area contributed by atoms with Gasteiger partial charge in [-0.25, -0.2) is 9.97 Å². The molecular formula is C14H24N4. The van der Waals surface area contributed by atoms with Gasteiger partial charge in [-0.05, 0) is 40.8 Å². The van der Waals surface area contributed by atoms with Gasteiger partial charge in [0.2, 0.25) is 0 Å². The molecule has 100 valence electrons. The van der Waals surface area contributed by atoms with Crippen molar-refractivity contribution >= 4 is 5.82 Å². The fraction of sp³-hybridized carbons (Fsp3) is 0.714. The van der Waals surface area contributed by atoms with Crippen LogP contribution in [-0.4, -0.2) is 47.6 Å². The van der Waals surface area contributed by atoms with Crippen LogP contribution in [0.15, 0.2) is 0 Å². The molecule has 2 rings (SSSR count). The Morgan fingerprint density at radius 2 is 2.00 bits per heavy atom. The molecule has 4 heteroatoms. The third-order valence-corrected chi connectivity index (χ3v) is 4.06. The van der Waals surface area contributed by atoms with Crippen LogP contribution in [-0.2, 0) is 0 Å². The van der Waals surface area contributed by atoms with Gasteiger partial charge < -0.3 is 9.80 Å². The number of hydrogen-bond acceptors (Lipinski definition) is 4. The van der Waals surface area contributed by atoms with Gasteiger partial charge in [0.1, 0.15) is 11.6 Å². The molecule has 1 unspecified atom stereocenters. The summed E-state index contributed by atoms with van der Waals surface area (Å²) in [5.41, 5.74) is 2.32. The van der Waals surface area contributed by atoms with Crippen LogP contribution < -0.4 is 4.90 Å². The van der Waals surface area contributed by atoms with E-state index >= 15 is 0 Å². The summed E-state index contributed by atoms with van der Waals surface area (Å²) in [7, 11) is 2.21. The van der Waals surface area contributed by atoms with Crippen molar-refractivity contribution in [2.75, 3.05) is 31.6 Å². The third kappa shape index (κ3) is 2.48. The molecule has 0 bridgehead atoms. The van der Waals surface area contributed by atoms with Crippen LogP contribution in [0.25, 0.3) is 0 Å². The molecule has 0 N–H and O–H groups in total. The summed E-state index contributed by atoms with van der Waals surface area (Å²) < 4.78 is 0. The molecule has 1 aromatic rings. The second-order valence-electron chi connectivity index (χ2n) is 5.27. The van der Waals surface area contributed by atoms with E-state index in [-0.39, 0.29) is 0 Å². The zero-order chi connectivity index (χ0) is 13.3. The van der Waals surface area contributed by atoms with Crippen LogP contribution in [0.2, 0.25) is 0 Å². The molecule has 4 nitrogen and oxygen atoms in total. The summed E-state index contributed by atoms with van der Waals surface area (Å²) in [4.78, 5) is 13.9. The van der Waals surface area contributed by atoms with Crippen molar-refractivity contribution in [1.29, 1.82) is 0 Å². The first kappa shape index (κ1) is 13.3. The van der Waals surface area contributed by atoms with E-state index in [9.17, 15) is 0 Å². The van der Waals surface area contributed by atoms with Gasteiger partial charge in [-0.2, -0.15) is 0 Å². The van der Waals surface area contributed by atoms with Gasteiger partial charge in [-0.1, -0.05) is 6.92 Å².